The molecule has 0 aliphatic heterocycles. The van der Waals surface area contributed by atoms with E-state index in [0.717, 1.165) is 0 Å². The summed E-state index contributed by atoms with van der Waals surface area (Å²) in [5.74, 6) is -0.836. The number of amides is 1. The van der Waals surface area contributed by atoms with Crippen LogP contribution >= 0.6 is 11.6 Å². The summed E-state index contributed by atoms with van der Waals surface area (Å²) in [5.41, 5.74) is 1.53. The summed E-state index contributed by atoms with van der Waals surface area (Å²) >= 11 is 5.87. The summed E-state index contributed by atoms with van der Waals surface area (Å²) in [6.45, 7) is -2.68. The number of aromatic nitrogens is 1. The van der Waals surface area contributed by atoms with Gasteiger partial charge in [-0.1, -0.05) is 17.7 Å². The first-order valence-corrected chi connectivity index (χ1v) is 8.92. The minimum atomic E-state index is -2.96. The van der Waals surface area contributed by atoms with E-state index < -0.39 is 12.4 Å². The van der Waals surface area contributed by atoms with Crippen LogP contribution in [0.3, 0.4) is 0 Å². The number of carbonyl (C=O) groups is 1. The highest BCUT2D eigenvalue weighted by molar-refractivity contribution is 6.31. The molecule has 3 aromatic rings. The monoisotopic (exact) mass is 426 g/mol. The Morgan fingerprint density at radius 1 is 1.24 bits per heavy atom. The molecule has 0 unspecified atom stereocenters. The molecule has 0 bridgehead atoms. The maximum atomic E-state index is 12.4. The van der Waals surface area contributed by atoms with Crippen LogP contribution in [0.2, 0.25) is 5.02 Å². The Morgan fingerprint density at radius 3 is 2.76 bits per heavy atom. The molecule has 10 heteroatoms. The van der Waals surface area contributed by atoms with E-state index in [1.807, 2.05) is 0 Å². The number of benzene rings is 2. The molecule has 154 valence electrons. The number of nitrogens with zero attached hydrogens (tertiary/aromatic N) is 1. The number of aryl methyl sites for hydroxylation is 1. The predicted octanol–water partition coefficient (Wildman–Crippen LogP) is 3.56. The van der Waals surface area contributed by atoms with Gasteiger partial charge < -0.3 is 19.2 Å². The van der Waals surface area contributed by atoms with Crippen LogP contribution in [0.5, 0.6) is 11.5 Å². The van der Waals surface area contributed by atoms with Gasteiger partial charge >= 0.3 is 12.4 Å². The van der Waals surface area contributed by atoms with Crippen LogP contribution in [0, 0.1) is 0 Å². The van der Waals surface area contributed by atoms with Gasteiger partial charge in [-0.15, -0.1) is 0 Å². The molecule has 3 rings (SSSR count). The lowest BCUT2D eigenvalue weighted by molar-refractivity contribution is -0.121. The van der Waals surface area contributed by atoms with Gasteiger partial charge in [-0.05, 0) is 29.8 Å². The Balaban J connectivity index is 1.59. The Morgan fingerprint density at radius 2 is 2.03 bits per heavy atom. The van der Waals surface area contributed by atoms with Gasteiger partial charge in [0.05, 0.1) is 12.6 Å². The maximum Gasteiger partial charge on any atom is 0.419 e. The van der Waals surface area contributed by atoms with Crippen molar-refractivity contribution in [3.63, 3.8) is 0 Å². The van der Waals surface area contributed by atoms with Gasteiger partial charge in [0.25, 0.3) is 0 Å². The third kappa shape index (κ3) is 5.05. The Hall–Kier alpha value is -3.07. The van der Waals surface area contributed by atoms with Gasteiger partial charge in [0.1, 0.15) is 0 Å². The molecule has 1 N–H and O–H groups in total. The number of carbonyl (C=O) groups excluding carboxylic acids is 1. The second kappa shape index (κ2) is 8.95. The number of alkyl halides is 2. The van der Waals surface area contributed by atoms with Gasteiger partial charge in [-0.3, -0.25) is 9.36 Å². The zero-order valence-corrected chi connectivity index (χ0v) is 16.0. The normalized spacial score (nSPS) is 11.1. The molecule has 0 saturated heterocycles. The molecule has 7 nitrogen and oxygen atoms in total. The molecule has 1 aromatic heterocycles. The summed E-state index contributed by atoms with van der Waals surface area (Å²) in [7, 11) is 1.33. The van der Waals surface area contributed by atoms with Crippen molar-refractivity contribution in [1.82, 2.24) is 9.88 Å². The fourth-order valence-electron chi connectivity index (χ4n) is 2.77. The number of hydrogen-bond acceptors (Lipinski definition) is 5. The second-order valence-corrected chi connectivity index (χ2v) is 6.46. The third-order valence-corrected chi connectivity index (χ3v) is 4.36. The molecule has 0 aliphatic rings. The van der Waals surface area contributed by atoms with Gasteiger partial charge in [-0.2, -0.15) is 8.78 Å². The molecule has 0 aliphatic carbocycles. The minimum Gasteiger partial charge on any atom is -0.493 e. The lowest BCUT2D eigenvalue weighted by Crippen LogP contribution is -2.25. The fraction of sp³-hybridized carbons (Fsp3) is 0.263. The van der Waals surface area contributed by atoms with Crippen molar-refractivity contribution in [2.45, 2.75) is 26.1 Å². The average Bonchev–Trinajstić information content (AvgIpc) is 2.99. The van der Waals surface area contributed by atoms with E-state index in [4.69, 9.17) is 20.8 Å². The molecule has 1 heterocycles. The molecule has 0 atom stereocenters. The smallest absolute Gasteiger partial charge is 0.419 e. The molecular weight excluding hydrogens is 410 g/mol. The number of methoxy groups -OCH3 is 1. The van der Waals surface area contributed by atoms with Crippen molar-refractivity contribution in [1.29, 1.82) is 0 Å². The number of rotatable bonds is 8. The number of ether oxygens (including phenoxy) is 2. The highest BCUT2D eigenvalue weighted by Crippen LogP contribution is 2.29. The lowest BCUT2D eigenvalue weighted by Gasteiger charge is -2.12. The SMILES string of the molecule is COc1cc(CNC(=O)CCn2c(=O)oc3cc(Cl)ccc32)ccc1OC(F)F. The fourth-order valence-corrected chi connectivity index (χ4v) is 2.93. The van der Waals surface area contributed by atoms with Gasteiger partial charge in [-0.25, -0.2) is 4.79 Å². The van der Waals surface area contributed by atoms with Crippen molar-refractivity contribution in [2.24, 2.45) is 0 Å². The lowest BCUT2D eigenvalue weighted by atomic mass is 10.2. The van der Waals surface area contributed by atoms with Gasteiger partial charge in [0, 0.05) is 30.6 Å². The Labute approximate surface area is 168 Å². The topological polar surface area (TPSA) is 82.7 Å². The Bertz CT molecular complexity index is 1080. The van der Waals surface area contributed by atoms with Crippen molar-refractivity contribution < 1.29 is 27.5 Å². The number of halogens is 3. The first-order valence-electron chi connectivity index (χ1n) is 8.54. The predicted molar refractivity (Wildman–Crippen MR) is 102 cm³/mol. The molecule has 0 saturated carbocycles. The third-order valence-electron chi connectivity index (χ3n) is 4.13. The van der Waals surface area contributed by atoms with Crippen molar-refractivity contribution in [3.8, 4) is 11.5 Å². The first-order chi connectivity index (χ1) is 13.9. The van der Waals surface area contributed by atoms with E-state index in [-0.39, 0.29) is 36.9 Å². The summed E-state index contributed by atoms with van der Waals surface area (Å²) in [6, 6.07) is 9.19. The van der Waals surface area contributed by atoms with Crippen LogP contribution in [0.25, 0.3) is 11.1 Å². The van der Waals surface area contributed by atoms with Crippen LogP contribution in [0.1, 0.15) is 12.0 Å². The van der Waals surface area contributed by atoms with E-state index in [2.05, 4.69) is 10.1 Å². The van der Waals surface area contributed by atoms with Crippen molar-refractivity contribution in [3.05, 3.63) is 57.5 Å². The van der Waals surface area contributed by atoms with Gasteiger partial charge in [0.15, 0.2) is 17.1 Å². The van der Waals surface area contributed by atoms with Crippen molar-refractivity contribution in [2.75, 3.05) is 7.11 Å². The van der Waals surface area contributed by atoms with Crippen molar-refractivity contribution >= 4 is 28.6 Å². The second-order valence-electron chi connectivity index (χ2n) is 6.02. The number of nitrogens with one attached hydrogen (secondary N) is 1. The standard InChI is InChI=1S/C19H17ClF2N2O5/c1-27-16-8-11(2-5-14(16)28-18(21)22)10-23-17(25)6-7-24-13-4-3-12(20)9-15(13)29-19(24)26/h2-5,8-9,18H,6-7,10H2,1H3,(H,23,25). The zero-order valence-electron chi connectivity index (χ0n) is 15.3. The number of hydrogen-bond donors (Lipinski definition) is 1. The number of fused-ring (bicyclic) bond motifs is 1. The molecule has 0 spiro atoms. The maximum absolute atomic E-state index is 12.4. The summed E-state index contributed by atoms with van der Waals surface area (Å²) < 4.78 is 40.6. The molecule has 1 amide bonds. The summed E-state index contributed by atoms with van der Waals surface area (Å²) in [6.07, 6.45) is 0.0425. The van der Waals surface area contributed by atoms with E-state index in [1.165, 1.54) is 29.9 Å². The minimum absolute atomic E-state index is 0.0425. The highest BCUT2D eigenvalue weighted by atomic mass is 35.5. The zero-order chi connectivity index (χ0) is 21.0. The summed E-state index contributed by atoms with van der Waals surface area (Å²) in [5, 5.41) is 3.14. The molecule has 0 radical (unpaired) electrons. The van der Waals surface area contributed by atoms with Crippen LogP contribution in [-0.4, -0.2) is 24.2 Å². The molecular formula is C19H17ClF2N2O5. The highest BCUT2D eigenvalue weighted by Gasteiger charge is 2.13. The van der Waals surface area contributed by atoms with Gasteiger partial charge in [0.2, 0.25) is 5.91 Å². The molecule has 29 heavy (non-hydrogen) atoms. The largest absolute Gasteiger partial charge is 0.493 e. The van der Waals surface area contributed by atoms with Crippen LogP contribution in [0.15, 0.2) is 45.6 Å². The molecule has 0 fully saturated rings. The van der Waals surface area contributed by atoms with Crippen LogP contribution in [0.4, 0.5) is 8.78 Å². The van der Waals surface area contributed by atoms with E-state index in [0.29, 0.717) is 21.7 Å². The number of oxazole rings is 1. The van der Waals surface area contributed by atoms with E-state index >= 15 is 0 Å². The Kier molecular flexibility index (Phi) is 6.38. The van der Waals surface area contributed by atoms with Crippen LogP contribution in [-0.2, 0) is 17.9 Å². The summed E-state index contributed by atoms with van der Waals surface area (Å²) in [4.78, 5) is 24.1. The average molecular weight is 427 g/mol. The molecule has 2 aromatic carbocycles. The van der Waals surface area contributed by atoms with E-state index in [9.17, 15) is 18.4 Å². The van der Waals surface area contributed by atoms with Crippen LogP contribution < -0.4 is 20.5 Å². The quantitative estimate of drug-likeness (QED) is 0.595. The van der Waals surface area contributed by atoms with E-state index in [1.54, 1.807) is 18.2 Å². The first kappa shape index (κ1) is 20.7.